The zero-order valence-electron chi connectivity index (χ0n) is 25.9. The highest BCUT2D eigenvalue weighted by Crippen LogP contribution is 2.35. The molecule has 1 unspecified atom stereocenters. The van der Waals surface area contributed by atoms with E-state index in [1.165, 1.54) is 53.6 Å². The molecule has 5 aromatic rings. The van der Waals surface area contributed by atoms with Crippen molar-refractivity contribution in [2.24, 2.45) is 0 Å². The second-order valence-electron chi connectivity index (χ2n) is 11.6. The fraction of sp³-hybridized carbons (Fsp3) is 0.281. The van der Waals surface area contributed by atoms with E-state index in [0.717, 1.165) is 16.8 Å². The number of hydrogen-bond donors (Lipinski definition) is 0. The number of carbonyl (C=O) groups is 1. The third-order valence-electron chi connectivity index (χ3n) is 7.00. The summed E-state index contributed by atoms with van der Waals surface area (Å²) in [6.07, 6.45) is -0.107. The van der Waals surface area contributed by atoms with Gasteiger partial charge in [-0.3, -0.25) is 9.67 Å². The number of rotatable bonds is 10. The standard InChI is InChI=1S/C32H26ClF7N6O3/c1-31(2,3)49-29(47)20-6-4-17(12-22(20)34)19-14-42-45(15-19)24(10-11-48-30(36)37)23-8-5-18(13-41-23)27-25(9-7-21(33)28(27)35)46-16-26(43-44-46)32(38,39)40/h4-9,12-16,24,30H,10-11H2,1-3H3. The molecular weight excluding hydrogens is 685 g/mol. The lowest BCUT2D eigenvalue weighted by atomic mass is 10.0. The first-order valence-electron chi connectivity index (χ1n) is 14.4. The minimum Gasteiger partial charge on any atom is -0.456 e. The molecule has 3 aromatic heterocycles. The van der Waals surface area contributed by atoms with Crippen LogP contribution in [0, 0.1) is 11.6 Å². The fourth-order valence-electron chi connectivity index (χ4n) is 4.80. The minimum atomic E-state index is -4.79. The van der Waals surface area contributed by atoms with Gasteiger partial charge in [-0.05, 0) is 63.1 Å². The number of ether oxygens (including phenoxy) is 2. The van der Waals surface area contributed by atoms with E-state index in [1.807, 2.05) is 0 Å². The second kappa shape index (κ2) is 14.0. The molecule has 258 valence electrons. The predicted molar refractivity (Wildman–Crippen MR) is 162 cm³/mol. The van der Waals surface area contributed by atoms with Gasteiger partial charge in [-0.2, -0.15) is 27.1 Å². The molecular formula is C32H26ClF7N6O3. The van der Waals surface area contributed by atoms with Crippen molar-refractivity contribution in [2.75, 3.05) is 6.61 Å². The Morgan fingerprint density at radius 1 is 0.959 bits per heavy atom. The Hall–Kier alpha value is -4.83. The first-order valence-corrected chi connectivity index (χ1v) is 14.8. The van der Waals surface area contributed by atoms with Gasteiger partial charge in [-0.25, -0.2) is 18.3 Å². The fourth-order valence-corrected chi connectivity index (χ4v) is 4.96. The van der Waals surface area contributed by atoms with Crippen LogP contribution in [0.3, 0.4) is 0 Å². The summed E-state index contributed by atoms with van der Waals surface area (Å²) in [6, 6.07) is 8.36. The number of alkyl halides is 5. The van der Waals surface area contributed by atoms with E-state index >= 15 is 4.39 Å². The monoisotopic (exact) mass is 710 g/mol. The van der Waals surface area contributed by atoms with Crippen molar-refractivity contribution in [1.82, 2.24) is 29.8 Å². The number of hydrogen-bond acceptors (Lipinski definition) is 7. The Morgan fingerprint density at radius 3 is 2.31 bits per heavy atom. The summed E-state index contributed by atoms with van der Waals surface area (Å²) >= 11 is 6.00. The molecule has 0 aliphatic carbocycles. The van der Waals surface area contributed by atoms with Gasteiger partial charge in [-0.15, -0.1) is 5.10 Å². The number of carbonyl (C=O) groups excluding carboxylic acids is 1. The number of nitrogens with zero attached hydrogens (tertiary/aromatic N) is 6. The largest absolute Gasteiger partial charge is 0.456 e. The molecule has 9 nitrogen and oxygen atoms in total. The van der Waals surface area contributed by atoms with Crippen molar-refractivity contribution in [1.29, 1.82) is 0 Å². The maximum absolute atomic E-state index is 15.4. The normalized spacial score (nSPS) is 12.8. The molecule has 0 spiro atoms. The summed E-state index contributed by atoms with van der Waals surface area (Å²) in [5.74, 6) is -2.62. The van der Waals surface area contributed by atoms with Gasteiger partial charge in [0.1, 0.15) is 11.4 Å². The molecule has 2 aromatic carbocycles. The topological polar surface area (TPSA) is 96.9 Å². The van der Waals surface area contributed by atoms with E-state index in [9.17, 15) is 31.1 Å². The summed E-state index contributed by atoms with van der Waals surface area (Å²) in [6.45, 7) is 1.49. The maximum Gasteiger partial charge on any atom is 0.436 e. The molecule has 0 aliphatic heterocycles. The van der Waals surface area contributed by atoms with Crippen LogP contribution in [0.25, 0.3) is 27.9 Å². The molecule has 17 heteroatoms. The van der Waals surface area contributed by atoms with Gasteiger partial charge in [-0.1, -0.05) is 28.9 Å². The summed E-state index contributed by atoms with van der Waals surface area (Å²) in [4.78, 5) is 16.8. The number of esters is 1. The zero-order chi connectivity index (χ0) is 35.7. The summed E-state index contributed by atoms with van der Waals surface area (Å²) < 4.78 is 107. The van der Waals surface area contributed by atoms with Gasteiger partial charge in [0.05, 0.1) is 47.0 Å². The summed E-state index contributed by atoms with van der Waals surface area (Å²) in [7, 11) is 0. The van der Waals surface area contributed by atoms with Crippen LogP contribution in [-0.2, 0) is 15.7 Å². The minimum absolute atomic E-state index is 0.0559. The molecule has 0 amide bonds. The van der Waals surface area contributed by atoms with E-state index in [0.29, 0.717) is 17.3 Å². The zero-order valence-corrected chi connectivity index (χ0v) is 26.6. The molecule has 1 atom stereocenters. The average molecular weight is 711 g/mol. The molecule has 5 rings (SSSR count). The highest BCUT2D eigenvalue weighted by molar-refractivity contribution is 6.31. The van der Waals surface area contributed by atoms with Crippen molar-refractivity contribution in [2.45, 2.75) is 51.6 Å². The third kappa shape index (κ3) is 8.25. The van der Waals surface area contributed by atoms with E-state index in [2.05, 4.69) is 25.1 Å². The Kier molecular flexibility index (Phi) is 10.1. The van der Waals surface area contributed by atoms with Crippen molar-refractivity contribution in [3.8, 4) is 27.9 Å². The van der Waals surface area contributed by atoms with Crippen molar-refractivity contribution in [3.63, 3.8) is 0 Å². The van der Waals surface area contributed by atoms with Crippen molar-refractivity contribution < 1.29 is 45.0 Å². The number of pyridine rings is 1. The molecule has 0 bridgehead atoms. The van der Waals surface area contributed by atoms with Gasteiger partial charge >= 0.3 is 18.8 Å². The highest BCUT2D eigenvalue weighted by Gasteiger charge is 2.35. The van der Waals surface area contributed by atoms with Crippen LogP contribution < -0.4 is 0 Å². The van der Waals surface area contributed by atoms with Crippen LogP contribution in [0.2, 0.25) is 5.02 Å². The lowest BCUT2D eigenvalue weighted by molar-refractivity contribution is -0.141. The predicted octanol–water partition coefficient (Wildman–Crippen LogP) is 8.32. The Balaban J connectivity index is 1.47. The SMILES string of the molecule is CC(C)(C)OC(=O)c1ccc(-c2cnn(C(CCOC(F)F)c3ccc(-c4c(-n5cc(C(F)(F)F)nn5)ccc(Cl)c4F)cn3)c2)cc1F. The second-order valence-corrected chi connectivity index (χ2v) is 12.0. The maximum atomic E-state index is 15.4. The molecule has 0 saturated heterocycles. The van der Waals surface area contributed by atoms with Crippen LogP contribution in [0.4, 0.5) is 30.7 Å². The Bertz CT molecular complexity index is 1960. The van der Waals surface area contributed by atoms with Gasteiger partial charge in [0, 0.05) is 29.1 Å². The average Bonchev–Trinajstić information content (AvgIpc) is 3.71. The van der Waals surface area contributed by atoms with Gasteiger partial charge in [0.2, 0.25) is 0 Å². The van der Waals surface area contributed by atoms with E-state index in [1.54, 1.807) is 20.8 Å². The first kappa shape index (κ1) is 35.5. The summed E-state index contributed by atoms with van der Waals surface area (Å²) in [5, 5.41) is 10.6. The van der Waals surface area contributed by atoms with Crippen molar-refractivity contribution in [3.05, 3.63) is 101 Å². The molecule has 0 radical (unpaired) electrons. The van der Waals surface area contributed by atoms with Gasteiger partial charge < -0.3 is 9.47 Å². The Labute approximate surface area is 279 Å². The molecule has 0 saturated carbocycles. The lowest BCUT2D eigenvalue weighted by Crippen LogP contribution is -2.24. The first-order chi connectivity index (χ1) is 23.0. The van der Waals surface area contributed by atoms with E-state index < -0.39 is 54.3 Å². The highest BCUT2D eigenvalue weighted by atomic mass is 35.5. The number of halogens is 8. The van der Waals surface area contributed by atoms with Crippen LogP contribution >= 0.6 is 11.6 Å². The van der Waals surface area contributed by atoms with Gasteiger partial charge in [0.15, 0.2) is 11.5 Å². The molecule has 0 aliphatic rings. The van der Waals surface area contributed by atoms with E-state index in [4.69, 9.17) is 16.3 Å². The van der Waals surface area contributed by atoms with E-state index in [-0.39, 0.29) is 39.5 Å². The molecule has 3 heterocycles. The lowest BCUT2D eigenvalue weighted by Gasteiger charge is -2.19. The molecule has 0 fully saturated rings. The smallest absolute Gasteiger partial charge is 0.436 e. The number of aromatic nitrogens is 6. The van der Waals surface area contributed by atoms with Gasteiger partial charge in [0.25, 0.3) is 0 Å². The summed E-state index contributed by atoms with van der Waals surface area (Å²) in [5.41, 5.74) is -1.57. The molecule has 0 N–H and O–H groups in total. The van der Waals surface area contributed by atoms with Crippen LogP contribution in [0.15, 0.2) is 67.3 Å². The number of benzene rings is 2. The third-order valence-corrected chi connectivity index (χ3v) is 7.29. The Morgan fingerprint density at radius 2 is 1.69 bits per heavy atom. The van der Waals surface area contributed by atoms with Crippen LogP contribution in [0.1, 0.15) is 55.0 Å². The quantitative estimate of drug-likeness (QED) is 0.106. The molecule has 49 heavy (non-hydrogen) atoms. The van der Waals surface area contributed by atoms with Crippen LogP contribution in [-0.4, -0.2) is 54.5 Å². The van der Waals surface area contributed by atoms with Crippen LogP contribution in [0.5, 0.6) is 0 Å². The van der Waals surface area contributed by atoms with Crippen molar-refractivity contribution >= 4 is 17.6 Å².